The van der Waals surface area contributed by atoms with Gasteiger partial charge < -0.3 is 4.74 Å². The SMILES string of the molecule is [2H]c1c([2H])c([2H])c([Si](c2cccc(-c3cccc(C(C)(C)C)c3)c2-[n+]2[c-]n(-c3cccc(Oc4ccc5c6ccccc6n(-c6cc(C(C)(C)C)ccn6)c5c4)c3)c3ccccc32)(c2c([2H])c([2H])c([2H])c([2H])c2[2H])c2c([2H])c([2H])c([2H])c([2H])c2[2H])c([2H])c1[2H]. The molecule has 0 atom stereocenters. The van der Waals surface area contributed by atoms with Crippen molar-refractivity contribution in [1.29, 1.82) is 0 Å². The maximum Gasteiger partial charge on any atom is 0.269 e. The molecule has 0 amide bonds. The molecule has 74 heavy (non-hydrogen) atoms. The average molecular weight is 990 g/mol. The number of nitrogens with zero attached hydrogens (tertiary/aromatic N) is 4. The van der Waals surface area contributed by atoms with Crippen molar-refractivity contribution in [2.45, 2.75) is 52.4 Å². The van der Waals surface area contributed by atoms with E-state index in [1.807, 2.05) is 130 Å². The number of benzene rings is 9. The fourth-order valence-corrected chi connectivity index (χ4v) is 14.1. The zero-order valence-electron chi connectivity index (χ0n) is 56.6. The van der Waals surface area contributed by atoms with E-state index in [0.717, 1.165) is 38.8 Å². The first-order valence-electron chi connectivity index (χ1n) is 31.9. The monoisotopic (exact) mass is 990 g/mol. The van der Waals surface area contributed by atoms with Gasteiger partial charge in [0.05, 0.1) is 54.0 Å². The van der Waals surface area contributed by atoms with Crippen LogP contribution in [-0.4, -0.2) is 22.2 Å². The number of rotatable bonds is 10. The Balaban J connectivity index is 1.18. The number of hydrogen-bond donors (Lipinski definition) is 0. The van der Waals surface area contributed by atoms with E-state index in [0.29, 0.717) is 39.3 Å². The topological polar surface area (TPSA) is 35.9 Å². The van der Waals surface area contributed by atoms with Crippen LogP contribution in [0, 0.1) is 6.33 Å². The van der Waals surface area contributed by atoms with Crippen LogP contribution in [0.1, 0.15) is 73.2 Å². The predicted molar refractivity (Wildman–Crippen MR) is 309 cm³/mol. The van der Waals surface area contributed by atoms with Gasteiger partial charge in [-0.25, -0.2) is 4.98 Å². The van der Waals surface area contributed by atoms with E-state index in [9.17, 15) is 16.4 Å². The summed E-state index contributed by atoms with van der Waals surface area (Å²) in [6.07, 6.45) is 5.43. The zero-order chi connectivity index (χ0) is 63.7. The van der Waals surface area contributed by atoms with Crippen molar-refractivity contribution < 1.29 is 29.9 Å². The van der Waals surface area contributed by atoms with Gasteiger partial charge in [0.1, 0.15) is 17.3 Å². The van der Waals surface area contributed by atoms with Crippen LogP contribution >= 0.6 is 0 Å². The van der Waals surface area contributed by atoms with E-state index in [4.69, 9.17) is 13.8 Å². The fourth-order valence-electron chi connectivity index (χ4n) is 10.1. The average Bonchev–Trinajstić information content (AvgIpc) is 0.762. The third-order valence-corrected chi connectivity index (χ3v) is 17.9. The third kappa shape index (κ3) is 8.12. The molecular weight excluding hydrogens is 917 g/mol. The predicted octanol–water partition coefficient (Wildman–Crippen LogP) is 13.6. The molecule has 5 nitrogen and oxygen atoms in total. The van der Waals surface area contributed by atoms with Gasteiger partial charge in [-0.2, -0.15) is 0 Å². The molecule has 12 rings (SSSR count). The molecule has 0 aliphatic rings. The summed E-state index contributed by atoms with van der Waals surface area (Å²) in [4.78, 5) is 4.86. The lowest BCUT2D eigenvalue weighted by atomic mass is 9.85. The summed E-state index contributed by atoms with van der Waals surface area (Å²) in [7, 11) is -5.71. The van der Waals surface area contributed by atoms with E-state index in [2.05, 4.69) is 49.9 Å². The van der Waals surface area contributed by atoms with Gasteiger partial charge in [-0.05, 0) is 102 Å². The molecule has 360 valence electrons. The molecule has 12 aromatic rings. The highest BCUT2D eigenvalue weighted by molar-refractivity contribution is 7.20. The lowest BCUT2D eigenvalue weighted by Gasteiger charge is -2.37. The Morgan fingerprint density at radius 2 is 1.12 bits per heavy atom. The van der Waals surface area contributed by atoms with Gasteiger partial charge in [0.15, 0.2) is 8.07 Å². The van der Waals surface area contributed by atoms with Gasteiger partial charge in [0.25, 0.3) is 6.33 Å². The van der Waals surface area contributed by atoms with Gasteiger partial charge in [0.2, 0.25) is 0 Å². The lowest BCUT2D eigenvalue weighted by Crippen LogP contribution is -2.76. The maximum absolute atomic E-state index is 9.92. The first-order valence-corrected chi connectivity index (χ1v) is 26.4. The summed E-state index contributed by atoms with van der Waals surface area (Å²) in [5.74, 6) is 1.74. The Bertz CT molecular complexity index is 4690. The normalized spacial score (nSPS) is 15.0. The van der Waals surface area contributed by atoms with Crippen molar-refractivity contribution in [3.8, 4) is 39.8 Å². The summed E-state index contributed by atoms with van der Waals surface area (Å²) in [6.45, 7) is 12.6. The van der Waals surface area contributed by atoms with Gasteiger partial charge in [-0.3, -0.25) is 13.7 Å². The molecular formula is C68H58N4OSi. The lowest BCUT2D eigenvalue weighted by molar-refractivity contribution is -0.570. The second-order valence-electron chi connectivity index (χ2n) is 20.3. The molecule has 0 radical (unpaired) electrons. The highest BCUT2D eigenvalue weighted by Gasteiger charge is 2.44. The molecule has 0 saturated heterocycles. The fraction of sp³-hybridized carbons (Fsp3) is 0.118. The standard InChI is InChI=1S/C68H58N4OSi/c1-67(2,3)49-24-20-23-48(43-49)57-34-22-38-64(74(54-27-10-7-11-28-54,55-29-12-8-13-30-55)56-31-14-9-15-32-56)66(57)71-47-70(61-36-18-19-37-62(61)71)51-25-21-26-52(45-51)73-53-39-40-59-58-33-16-17-35-60(58)72(63(59)46-53)65-44-50(41-42-69-65)68(4,5)6/h7-46H,1-6H3/i7D,8D,9D,10D,11D,12D,13D,14D,15D,27D,28D,29D,30D,31D,32D. The molecule has 0 N–H and O–H groups in total. The molecule has 3 heterocycles. The van der Waals surface area contributed by atoms with Crippen LogP contribution in [-0.2, 0) is 10.8 Å². The van der Waals surface area contributed by atoms with Gasteiger partial charge in [-0.15, -0.1) is 0 Å². The number of aromatic nitrogens is 4. The molecule has 0 spiro atoms. The summed E-state index contributed by atoms with van der Waals surface area (Å²) in [6, 6.07) is 32.7. The minimum absolute atomic E-state index is 0.0545. The molecule has 9 aromatic carbocycles. The summed E-state index contributed by atoms with van der Waals surface area (Å²) in [5.41, 5.74) is 6.05. The number of ether oxygens (including phenoxy) is 1. The number of fused-ring (bicyclic) bond motifs is 4. The van der Waals surface area contributed by atoms with Crippen molar-refractivity contribution >= 4 is 61.7 Å². The van der Waals surface area contributed by atoms with Crippen LogP contribution in [0.3, 0.4) is 0 Å². The molecule has 3 aromatic heterocycles. The van der Waals surface area contributed by atoms with E-state index >= 15 is 0 Å². The summed E-state index contributed by atoms with van der Waals surface area (Å²) in [5, 5.41) is 0.175. The Hall–Kier alpha value is -8.58. The first kappa shape index (κ1) is 32.5. The summed E-state index contributed by atoms with van der Waals surface area (Å²) >= 11 is 0. The number of imidazole rings is 1. The Morgan fingerprint density at radius 3 is 1.81 bits per heavy atom. The zero-order valence-corrected chi connectivity index (χ0v) is 42.6. The second-order valence-corrected chi connectivity index (χ2v) is 23.9. The Kier molecular flexibility index (Phi) is 8.11. The van der Waals surface area contributed by atoms with E-state index in [1.54, 1.807) is 27.3 Å². The molecule has 0 bridgehead atoms. The number of pyridine rings is 1. The van der Waals surface area contributed by atoms with Crippen molar-refractivity contribution in [3.63, 3.8) is 0 Å². The van der Waals surface area contributed by atoms with Gasteiger partial charge in [0, 0.05) is 23.0 Å². The van der Waals surface area contributed by atoms with Crippen LogP contribution in [0.25, 0.3) is 61.2 Å². The molecule has 0 saturated carbocycles. The summed E-state index contributed by atoms with van der Waals surface area (Å²) < 4.78 is 154. The molecule has 0 fully saturated rings. The minimum Gasteiger partial charge on any atom is -0.458 e. The molecule has 0 aliphatic carbocycles. The highest BCUT2D eigenvalue weighted by Crippen LogP contribution is 2.37. The minimum atomic E-state index is -5.71. The van der Waals surface area contributed by atoms with Crippen LogP contribution in [0.4, 0.5) is 0 Å². The van der Waals surface area contributed by atoms with Crippen molar-refractivity contribution in [2.24, 2.45) is 0 Å². The van der Waals surface area contributed by atoms with E-state index in [1.165, 1.54) is 6.07 Å². The maximum atomic E-state index is 9.92. The highest BCUT2D eigenvalue weighted by atomic mass is 28.3. The van der Waals surface area contributed by atoms with Crippen molar-refractivity contribution in [1.82, 2.24) is 14.1 Å². The number of para-hydroxylation sites is 4. The van der Waals surface area contributed by atoms with Crippen LogP contribution in [0.15, 0.2) is 242 Å². The van der Waals surface area contributed by atoms with Crippen LogP contribution in [0.2, 0.25) is 0 Å². The van der Waals surface area contributed by atoms with Gasteiger partial charge >= 0.3 is 0 Å². The van der Waals surface area contributed by atoms with Gasteiger partial charge in [-0.1, -0.05) is 223 Å². The number of hydrogen-bond acceptors (Lipinski definition) is 2. The van der Waals surface area contributed by atoms with E-state index < -0.39 is 120 Å². The van der Waals surface area contributed by atoms with Crippen molar-refractivity contribution in [2.75, 3.05) is 0 Å². The largest absolute Gasteiger partial charge is 0.458 e. The van der Waals surface area contributed by atoms with Crippen LogP contribution in [0.5, 0.6) is 11.5 Å². The third-order valence-electron chi connectivity index (χ3n) is 13.7. The quantitative estimate of drug-likeness (QED) is 0.0592. The first-order chi connectivity index (χ1) is 42.2. The van der Waals surface area contributed by atoms with Crippen LogP contribution < -0.4 is 30.1 Å². The molecule has 6 heteroatoms. The molecule has 0 unspecified atom stereocenters. The smallest absolute Gasteiger partial charge is 0.269 e. The Morgan fingerprint density at radius 1 is 0.527 bits per heavy atom. The molecule has 0 aliphatic heterocycles. The Labute approximate surface area is 456 Å². The second kappa shape index (κ2) is 18.5. The van der Waals surface area contributed by atoms with Crippen molar-refractivity contribution in [3.05, 3.63) is 260 Å². The van der Waals surface area contributed by atoms with E-state index in [-0.39, 0.29) is 16.3 Å².